The quantitative estimate of drug-likeness (QED) is 0.576. The first-order valence-electron chi connectivity index (χ1n) is 9.63. The number of aliphatic hydroxyl groups excluding tert-OH is 3. The van der Waals surface area contributed by atoms with Crippen LogP contribution in [0.2, 0.25) is 0 Å². The van der Waals surface area contributed by atoms with Crippen LogP contribution in [0.15, 0.2) is 12.2 Å². The Hall–Kier alpha value is -0.750. The third-order valence-electron chi connectivity index (χ3n) is 8.84. The largest absolute Gasteiger partial charge is 0.392 e. The monoisotopic (exact) mass is 348 g/mol. The molecule has 6 aliphatic rings. The highest BCUT2D eigenvalue weighted by Gasteiger charge is 2.81. The molecule has 0 radical (unpaired) electrons. The molecule has 6 rings (SSSR count). The molecule has 9 atom stereocenters. The van der Waals surface area contributed by atoms with Gasteiger partial charge in [0.15, 0.2) is 12.1 Å². The predicted octanol–water partition coefficient (Wildman–Crippen LogP) is 1.40. The highest BCUT2D eigenvalue weighted by molar-refractivity contribution is 6.04. The van der Waals surface area contributed by atoms with Crippen LogP contribution >= 0.6 is 0 Å². The van der Waals surface area contributed by atoms with Crippen LogP contribution < -0.4 is 0 Å². The van der Waals surface area contributed by atoms with E-state index >= 15 is 0 Å². The number of ether oxygens (including phenoxy) is 1. The summed E-state index contributed by atoms with van der Waals surface area (Å²) >= 11 is 0. The maximum atomic E-state index is 13.3. The van der Waals surface area contributed by atoms with Gasteiger partial charge in [0.1, 0.15) is 0 Å². The van der Waals surface area contributed by atoms with Gasteiger partial charge in [-0.15, -0.1) is 0 Å². The molecular formula is C20H28O5. The number of carbonyl (C=O) groups excluding carboxylic acids is 1. The Labute approximate surface area is 148 Å². The highest BCUT2D eigenvalue weighted by Crippen LogP contribution is 2.75. The number of hydrogen-bond donors (Lipinski definition) is 3. The summed E-state index contributed by atoms with van der Waals surface area (Å²) < 4.78 is 5.96. The van der Waals surface area contributed by atoms with Crippen LogP contribution in [0.25, 0.3) is 0 Å². The Kier molecular flexibility index (Phi) is 2.99. The summed E-state index contributed by atoms with van der Waals surface area (Å²) in [7, 11) is 0. The Morgan fingerprint density at radius 3 is 2.56 bits per heavy atom. The molecule has 0 amide bonds. The van der Waals surface area contributed by atoms with Crippen LogP contribution in [0.1, 0.15) is 46.0 Å². The van der Waals surface area contributed by atoms with Gasteiger partial charge in [0.2, 0.25) is 0 Å². The fourth-order valence-electron chi connectivity index (χ4n) is 7.81. The number of fused-ring (bicyclic) bond motifs is 2. The van der Waals surface area contributed by atoms with Crippen molar-refractivity contribution in [3.63, 3.8) is 0 Å². The number of aliphatic hydroxyl groups is 3. The average Bonchev–Trinajstić information content (AvgIpc) is 2.67. The summed E-state index contributed by atoms with van der Waals surface area (Å²) in [6, 6.07) is 0. The molecular weight excluding hydrogens is 320 g/mol. The molecule has 0 aromatic carbocycles. The lowest BCUT2D eigenvalue weighted by Crippen LogP contribution is -2.78. The summed E-state index contributed by atoms with van der Waals surface area (Å²) in [6.07, 6.45) is 0.432. The summed E-state index contributed by atoms with van der Waals surface area (Å²) in [4.78, 5) is 13.3. The van der Waals surface area contributed by atoms with Gasteiger partial charge < -0.3 is 20.1 Å². The third kappa shape index (κ3) is 1.48. The van der Waals surface area contributed by atoms with Gasteiger partial charge >= 0.3 is 0 Å². The van der Waals surface area contributed by atoms with Crippen LogP contribution in [-0.4, -0.2) is 45.7 Å². The lowest BCUT2D eigenvalue weighted by molar-refractivity contribution is -0.401. The first kappa shape index (κ1) is 16.4. The van der Waals surface area contributed by atoms with Crippen molar-refractivity contribution in [3.05, 3.63) is 12.2 Å². The van der Waals surface area contributed by atoms with Crippen LogP contribution in [0.5, 0.6) is 0 Å². The summed E-state index contributed by atoms with van der Waals surface area (Å²) in [5.41, 5.74) is -1.42. The zero-order chi connectivity index (χ0) is 17.9. The first-order valence-corrected chi connectivity index (χ1v) is 9.63. The summed E-state index contributed by atoms with van der Waals surface area (Å²) in [5.74, 6) is -0.455. The SMILES string of the molecule is C=C1C(=O)C23C4CC5C(C)(C)CCC(O)C5(C(O)O4)C2CCC1C3O. The molecule has 138 valence electrons. The fourth-order valence-corrected chi connectivity index (χ4v) is 7.81. The Bertz CT molecular complexity index is 665. The van der Waals surface area contributed by atoms with Crippen LogP contribution in [0.4, 0.5) is 0 Å². The molecule has 5 nitrogen and oxygen atoms in total. The van der Waals surface area contributed by atoms with E-state index in [1.54, 1.807) is 0 Å². The van der Waals surface area contributed by atoms with Crippen LogP contribution in [0.3, 0.4) is 0 Å². The molecule has 0 aromatic heterocycles. The van der Waals surface area contributed by atoms with Crippen LogP contribution in [0, 0.1) is 34.0 Å². The van der Waals surface area contributed by atoms with E-state index in [2.05, 4.69) is 20.4 Å². The van der Waals surface area contributed by atoms with Crippen molar-refractivity contribution in [2.24, 2.45) is 34.0 Å². The van der Waals surface area contributed by atoms with Gasteiger partial charge in [-0.2, -0.15) is 0 Å². The van der Waals surface area contributed by atoms with Crippen molar-refractivity contribution in [2.45, 2.75) is 70.6 Å². The van der Waals surface area contributed by atoms with Crippen molar-refractivity contribution >= 4 is 5.78 Å². The van der Waals surface area contributed by atoms with Crippen molar-refractivity contribution in [1.29, 1.82) is 0 Å². The molecule has 5 heteroatoms. The van der Waals surface area contributed by atoms with E-state index in [0.29, 0.717) is 24.8 Å². The maximum absolute atomic E-state index is 13.3. The molecule has 2 spiro atoms. The minimum absolute atomic E-state index is 0.0374. The molecule has 2 saturated heterocycles. The Balaban J connectivity index is 1.76. The molecule has 3 N–H and O–H groups in total. The molecule has 25 heavy (non-hydrogen) atoms. The zero-order valence-corrected chi connectivity index (χ0v) is 14.9. The molecule has 0 aromatic rings. The van der Waals surface area contributed by atoms with Gasteiger partial charge in [-0.05, 0) is 54.9 Å². The minimum atomic E-state index is -1.08. The van der Waals surface area contributed by atoms with Crippen molar-refractivity contribution in [2.75, 3.05) is 0 Å². The van der Waals surface area contributed by atoms with Crippen molar-refractivity contribution < 1.29 is 24.9 Å². The number of Topliss-reactive ketones (excluding diaryl/α,β-unsaturated/α-hetero) is 1. The predicted molar refractivity (Wildman–Crippen MR) is 89.2 cm³/mol. The smallest absolute Gasteiger partial charge is 0.170 e. The van der Waals surface area contributed by atoms with Gasteiger partial charge in [0.25, 0.3) is 0 Å². The number of hydrogen-bond acceptors (Lipinski definition) is 5. The topological polar surface area (TPSA) is 87.0 Å². The van der Waals surface area contributed by atoms with E-state index in [4.69, 9.17) is 4.74 Å². The van der Waals surface area contributed by atoms with Gasteiger partial charge in [0.05, 0.1) is 29.1 Å². The van der Waals surface area contributed by atoms with E-state index in [1.165, 1.54) is 0 Å². The lowest BCUT2D eigenvalue weighted by atomic mass is 9.37. The molecule has 4 aliphatic carbocycles. The van der Waals surface area contributed by atoms with E-state index in [0.717, 1.165) is 12.8 Å². The summed E-state index contributed by atoms with van der Waals surface area (Å²) in [5, 5.41) is 33.2. The average molecular weight is 348 g/mol. The second kappa shape index (κ2) is 4.56. The van der Waals surface area contributed by atoms with Gasteiger partial charge in [-0.1, -0.05) is 20.4 Å². The first-order chi connectivity index (χ1) is 11.7. The maximum Gasteiger partial charge on any atom is 0.170 e. The Morgan fingerprint density at radius 2 is 1.84 bits per heavy atom. The van der Waals surface area contributed by atoms with Crippen molar-refractivity contribution in [3.8, 4) is 0 Å². The molecule has 2 aliphatic heterocycles. The van der Waals surface area contributed by atoms with Gasteiger partial charge in [-0.3, -0.25) is 4.79 Å². The molecule has 4 saturated carbocycles. The normalized spacial score (nSPS) is 58.8. The third-order valence-corrected chi connectivity index (χ3v) is 8.84. The fraction of sp³-hybridized carbons (Fsp3) is 0.850. The van der Waals surface area contributed by atoms with E-state index in [-0.39, 0.29) is 29.0 Å². The van der Waals surface area contributed by atoms with Gasteiger partial charge in [0, 0.05) is 5.92 Å². The number of ketones is 1. The molecule has 6 fully saturated rings. The van der Waals surface area contributed by atoms with Crippen LogP contribution in [-0.2, 0) is 9.53 Å². The minimum Gasteiger partial charge on any atom is -0.392 e. The second-order valence-electron chi connectivity index (χ2n) is 9.78. The van der Waals surface area contributed by atoms with E-state index in [9.17, 15) is 20.1 Å². The lowest BCUT2D eigenvalue weighted by Gasteiger charge is -2.72. The number of carbonyl (C=O) groups is 1. The molecule has 4 bridgehead atoms. The Morgan fingerprint density at radius 1 is 1.12 bits per heavy atom. The van der Waals surface area contributed by atoms with Gasteiger partial charge in [-0.25, -0.2) is 0 Å². The van der Waals surface area contributed by atoms with E-state index < -0.39 is 35.4 Å². The zero-order valence-electron chi connectivity index (χ0n) is 14.9. The second-order valence-corrected chi connectivity index (χ2v) is 9.78. The molecule has 2 heterocycles. The summed E-state index contributed by atoms with van der Waals surface area (Å²) in [6.45, 7) is 8.37. The highest BCUT2D eigenvalue weighted by atomic mass is 16.6. The van der Waals surface area contributed by atoms with Crippen molar-refractivity contribution in [1.82, 2.24) is 0 Å². The standard InChI is InChI=1S/C20H28O5/c1-9-10-4-5-11-19-12(18(2,3)7-6-13(19)21)8-14(25-17(19)24)20(11,15(9)22)16(10)23/h10-14,16-17,21,23-24H,1,4-8H2,2-3H3. The van der Waals surface area contributed by atoms with E-state index in [1.807, 2.05) is 0 Å². The molecule has 9 unspecified atom stereocenters. The number of rotatable bonds is 0.